The van der Waals surface area contributed by atoms with Gasteiger partial charge in [-0.05, 0) is 19.4 Å². The molecule has 1 aliphatic heterocycles. The summed E-state index contributed by atoms with van der Waals surface area (Å²) in [5.74, 6) is 0.393. The van der Waals surface area contributed by atoms with Crippen molar-refractivity contribution in [2.75, 3.05) is 19.9 Å². The number of amides is 2. The number of hydrogen-bond acceptors (Lipinski definition) is 6. The lowest BCUT2D eigenvalue weighted by Crippen LogP contribution is -2.34. The van der Waals surface area contributed by atoms with E-state index < -0.39 is 5.91 Å². The molecule has 0 saturated heterocycles. The molecule has 0 aliphatic carbocycles. The number of imidazole rings is 1. The Kier molecular flexibility index (Phi) is 6.39. The Morgan fingerprint density at radius 2 is 1.97 bits per heavy atom. The Labute approximate surface area is 184 Å². The molecule has 3 heterocycles. The number of fused-ring (bicyclic) bond motifs is 2. The van der Waals surface area contributed by atoms with Crippen LogP contribution in [0.3, 0.4) is 0 Å². The molecule has 1 aromatic carbocycles. The molecule has 0 bridgehead atoms. The number of rotatable bonds is 9. The van der Waals surface area contributed by atoms with Crippen LogP contribution in [0.25, 0.3) is 10.9 Å². The van der Waals surface area contributed by atoms with Crippen molar-refractivity contribution in [3.63, 3.8) is 0 Å². The number of carbonyl (C=O) groups is 2. The number of benzene rings is 1. The molecule has 2 amide bonds. The summed E-state index contributed by atoms with van der Waals surface area (Å²) in [6, 6.07) is 3.36. The highest BCUT2D eigenvalue weighted by Crippen LogP contribution is 2.35. The quantitative estimate of drug-likeness (QED) is 0.485. The van der Waals surface area contributed by atoms with Gasteiger partial charge >= 0.3 is 0 Å². The minimum Gasteiger partial charge on any atom is -0.454 e. The van der Waals surface area contributed by atoms with Gasteiger partial charge in [-0.3, -0.25) is 14.4 Å². The first-order valence-electron chi connectivity index (χ1n) is 10.5. The van der Waals surface area contributed by atoms with Crippen LogP contribution in [-0.4, -0.2) is 45.8 Å². The van der Waals surface area contributed by atoms with E-state index in [4.69, 9.17) is 9.47 Å². The van der Waals surface area contributed by atoms with Gasteiger partial charge in [0.25, 0.3) is 5.91 Å². The number of hydrogen-bond donors (Lipinski definition) is 2. The van der Waals surface area contributed by atoms with Crippen molar-refractivity contribution < 1.29 is 19.1 Å². The largest absolute Gasteiger partial charge is 0.454 e. The second kappa shape index (κ2) is 9.54. The van der Waals surface area contributed by atoms with E-state index in [2.05, 4.69) is 15.6 Å². The topological polar surface area (TPSA) is 116 Å². The molecule has 0 atom stereocenters. The zero-order chi connectivity index (χ0) is 22.5. The van der Waals surface area contributed by atoms with Gasteiger partial charge in [0.15, 0.2) is 11.5 Å². The first-order chi connectivity index (χ1) is 15.6. The van der Waals surface area contributed by atoms with Gasteiger partial charge in [0.2, 0.25) is 18.1 Å². The maximum Gasteiger partial charge on any atom is 0.256 e. The summed E-state index contributed by atoms with van der Waals surface area (Å²) >= 11 is 0. The molecule has 0 radical (unpaired) electrons. The maximum absolute atomic E-state index is 13.0. The van der Waals surface area contributed by atoms with E-state index in [0.29, 0.717) is 35.5 Å². The Bertz CT molecular complexity index is 1190. The minimum absolute atomic E-state index is 0.0268. The van der Waals surface area contributed by atoms with Crippen molar-refractivity contribution in [1.29, 1.82) is 0 Å². The van der Waals surface area contributed by atoms with Gasteiger partial charge in [0, 0.05) is 57.3 Å². The number of nitrogens with zero attached hydrogens (tertiary/aromatic N) is 3. The van der Waals surface area contributed by atoms with Gasteiger partial charge in [-0.25, -0.2) is 4.98 Å². The molecular weight excluding hydrogens is 414 g/mol. The van der Waals surface area contributed by atoms with Crippen LogP contribution >= 0.6 is 0 Å². The van der Waals surface area contributed by atoms with Crippen LogP contribution < -0.4 is 25.5 Å². The molecule has 2 N–H and O–H groups in total. The SMILES string of the molecule is CCn1cc(C(=O)NCCC(=O)NCCCn2ccnc2)c(=O)c2cc3c(cc21)OCO3. The van der Waals surface area contributed by atoms with Gasteiger partial charge in [-0.2, -0.15) is 0 Å². The number of ether oxygens (including phenoxy) is 2. The first kappa shape index (κ1) is 21.4. The van der Waals surface area contributed by atoms with E-state index in [1.807, 2.05) is 22.3 Å². The van der Waals surface area contributed by atoms with E-state index in [-0.39, 0.29) is 36.7 Å². The molecule has 0 spiro atoms. The fourth-order valence-corrected chi connectivity index (χ4v) is 3.58. The predicted octanol–water partition coefficient (Wildman–Crippen LogP) is 1.27. The van der Waals surface area contributed by atoms with Crippen LogP contribution in [0, 0.1) is 0 Å². The predicted molar refractivity (Wildman–Crippen MR) is 117 cm³/mol. The van der Waals surface area contributed by atoms with Crippen LogP contribution in [0.1, 0.15) is 30.1 Å². The third kappa shape index (κ3) is 4.58. The highest BCUT2D eigenvalue weighted by molar-refractivity contribution is 5.98. The van der Waals surface area contributed by atoms with Gasteiger partial charge in [-0.15, -0.1) is 0 Å². The average Bonchev–Trinajstić information content (AvgIpc) is 3.47. The van der Waals surface area contributed by atoms with Gasteiger partial charge in [-0.1, -0.05) is 0 Å². The zero-order valence-electron chi connectivity index (χ0n) is 17.8. The summed E-state index contributed by atoms with van der Waals surface area (Å²) in [6.45, 7) is 4.03. The van der Waals surface area contributed by atoms with E-state index >= 15 is 0 Å². The molecule has 168 valence electrons. The van der Waals surface area contributed by atoms with Crippen LogP contribution in [0.2, 0.25) is 0 Å². The number of carbonyl (C=O) groups excluding carboxylic acids is 2. The van der Waals surface area contributed by atoms with Crippen molar-refractivity contribution in [1.82, 2.24) is 24.8 Å². The summed E-state index contributed by atoms with van der Waals surface area (Å²) < 4.78 is 14.5. The minimum atomic E-state index is -0.510. The standard InChI is InChI=1S/C22H25N5O5/c1-2-27-12-16(21(29)15-10-18-19(11-17(15)27)32-14-31-18)22(30)25-6-4-20(28)24-5-3-8-26-9-7-23-13-26/h7,9-13H,2-6,8,14H2,1H3,(H,24,28)(H,25,30). The Balaban J connectivity index is 1.34. The van der Waals surface area contributed by atoms with Gasteiger partial charge in [0.1, 0.15) is 5.56 Å². The molecule has 0 saturated carbocycles. The van der Waals surface area contributed by atoms with E-state index in [9.17, 15) is 14.4 Å². The smallest absolute Gasteiger partial charge is 0.256 e. The van der Waals surface area contributed by atoms with Crippen molar-refractivity contribution in [2.45, 2.75) is 32.9 Å². The average molecular weight is 439 g/mol. The Morgan fingerprint density at radius 1 is 1.16 bits per heavy atom. The highest BCUT2D eigenvalue weighted by Gasteiger charge is 2.20. The summed E-state index contributed by atoms with van der Waals surface area (Å²) in [4.78, 5) is 41.6. The lowest BCUT2D eigenvalue weighted by molar-refractivity contribution is -0.120. The van der Waals surface area contributed by atoms with Crippen LogP contribution in [0.15, 0.2) is 41.8 Å². The Hall–Kier alpha value is -3.82. The molecule has 4 rings (SSSR count). The van der Waals surface area contributed by atoms with Gasteiger partial charge in [0.05, 0.1) is 17.2 Å². The monoisotopic (exact) mass is 439 g/mol. The van der Waals surface area contributed by atoms with E-state index in [0.717, 1.165) is 13.0 Å². The number of aryl methyl sites for hydroxylation is 2. The molecule has 0 unspecified atom stereocenters. The normalized spacial score (nSPS) is 12.2. The number of aromatic nitrogens is 3. The second-order valence-corrected chi connectivity index (χ2v) is 7.39. The lowest BCUT2D eigenvalue weighted by Gasteiger charge is -2.12. The van der Waals surface area contributed by atoms with Crippen molar-refractivity contribution in [3.8, 4) is 11.5 Å². The third-order valence-corrected chi connectivity index (χ3v) is 5.27. The fraction of sp³-hybridized carbons (Fsp3) is 0.364. The summed E-state index contributed by atoms with van der Waals surface area (Å²) in [7, 11) is 0. The summed E-state index contributed by atoms with van der Waals surface area (Å²) in [5, 5.41) is 5.88. The number of pyridine rings is 1. The molecule has 0 fully saturated rings. The van der Waals surface area contributed by atoms with Gasteiger partial charge < -0.3 is 29.2 Å². The molecule has 2 aromatic heterocycles. The van der Waals surface area contributed by atoms with Crippen LogP contribution in [0.4, 0.5) is 0 Å². The lowest BCUT2D eigenvalue weighted by atomic mass is 10.1. The molecule has 3 aromatic rings. The molecule has 32 heavy (non-hydrogen) atoms. The number of nitrogens with one attached hydrogen (secondary N) is 2. The second-order valence-electron chi connectivity index (χ2n) is 7.39. The summed E-state index contributed by atoms with van der Waals surface area (Å²) in [5.41, 5.74) is 0.316. The molecule has 10 nitrogen and oxygen atoms in total. The third-order valence-electron chi connectivity index (χ3n) is 5.27. The molecule has 1 aliphatic rings. The van der Waals surface area contributed by atoms with Crippen molar-refractivity contribution in [3.05, 3.63) is 52.8 Å². The van der Waals surface area contributed by atoms with E-state index in [1.165, 1.54) is 0 Å². The highest BCUT2D eigenvalue weighted by atomic mass is 16.7. The van der Waals surface area contributed by atoms with Crippen LogP contribution in [-0.2, 0) is 17.9 Å². The molecular formula is C22H25N5O5. The first-order valence-corrected chi connectivity index (χ1v) is 10.5. The zero-order valence-corrected chi connectivity index (χ0v) is 17.8. The van der Waals surface area contributed by atoms with Crippen molar-refractivity contribution in [2.24, 2.45) is 0 Å². The van der Waals surface area contributed by atoms with E-state index in [1.54, 1.807) is 30.9 Å². The van der Waals surface area contributed by atoms with Crippen LogP contribution in [0.5, 0.6) is 11.5 Å². The Morgan fingerprint density at radius 3 is 2.72 bits per heavy atom. The molecule has 10 heteroatoms. The van der Waals surface area contributed by atoms with Crippen molar-refractivity contribution >= 4 is 22.7 Å². The fourth-order valence-electron chi connectivity index (χ4n) is 3.58. The maximum atomic E-state index is 13.0. The summed E-state index contributed by atoms with van der Waals surface area (Å²) in [6.07, 6.45) is 7.75.